The molecule has 1 saturated heterocycles. The zero-order valence-electron chi connectivity index (χ0n) is 10.3. The lowest BCUT2D eigenvalue weighted by atomic mass is 10.1. The average Bonchev–Trinajstić information content (AvgIpc) is 2.70. The summed E-state index contributed by atoms with van der Waals surface area (Å²) in [7, 11) is 0. The second kappa shape index (κ2) is 5.84. The minimum atomic E-state index is -0.600. The lowest BCUT2D eigenvalue weighted by Crippen LogP contribution is -2.22. The molecule has 1 heterocycles. The van der Waals surface area contributed by atoms with E-state index in [-0.39, 0.29) is 17.2 Å². The molecule has 3 amide bonds. The molecule has 0 aromatic heterocycles. The van der Waals surface area contributed by atoms with Crippen LogP contribution in [0.5, 0.6) is 11.5 Å². The van der Waals surface area contributed by atoms with Crippen LogP contribution in [0.3, 0.4) is 0 Å². The number of benzene rings is 1. The Balaban J connectivity index is 2.53. The number of imide groups is 1. The van der Waals surface area contributed by atoms with Gasteiger partial charge < -0.3 is 15.2 Å². The number of halogens is 2. The van der Waals surface area contributed by atoms with E-state index in [1.807, 2.05) is 0 Å². The van der Waals surface area contributed by atoms with Gasteiger partial charge in [0, 0.05) is 14.5 Å². The molecular formula is C12H10Br2N2O4. The van der Waals surface area contributed by atoms with Crippen LogP contribution < -0.4 is 15.4 Å². The third-order valence-electron chi connectivity index (χ3n) is 2.50. The maximum absolute atomic E-state index is 11.5. The second-order valence-electron chi connectivity index (χ2n) is 3.83. The second-order valence-corrected chi connectivity index (χ2v) is 5.48. The molecule has 2 rings (SSSR count). The summed E-state index contributed by atoms with van der Waals surface area (Å²) in [5, 5.41) is 14.6. The van der Waals surface area contributed by atoms with Gasteiger partial charge in [0.2, 0.25) is 0 Å². The van der Waals surface area contributed by atoms with E-state index in [1.54, 1.807) is 13.0 Å². The first-order valence-corrected chi connectivity index (χ1v) is 7.20. The summed E-state index contributed by atoms with van der Waals surface area (Å²) in [6, 6.07) is 1.01. The first-order chi connectivity index (χ1) is 9.43. The number of ether oxygens (including phenoxy) is 1. The molecule has 0 spiro atoms. The molecule has 20 heavy (non-hydrogen) atoms. The summed E-state index contributed by atoms with van der Waals surface area (Å²) < 4.78 is 6.50. The van der Waals surface area contributed by atoms with Gasteiger partial charge in [-0.15, -0.1) is 0 Å². The van der Waals surface area contributed by atoms with Crippen LogP contribution in [0, 0.1) is 0 Å². The highest BCUT2D eigenvalue weighted by Crippen LogP contribution is 2.41. The van der Waals surface area contributed by atoms with Crippen LogP contribution in [0.25, 0.3) is 6.08 Å². The number of phenols is 1. The first-order valence-electron chi connectivity index (χ1n) is 5.61. The predicted molar refractivity (Wildman–Crippen MR) is 79.3 cm³/mol. The van der Waals surface area contributed by atoms with Gasteiger partial charge in [-0.05, 0) is 50.9 Å². The largest absolute Gasteiger partial charge is 0.504 e. The Kier molecular flexibility index (Phi) is 4.34. The van der Waals surface area contributed by atoms with Gasteiger partial charge in [0.15, 0.2) is 11.5 Å². The fraction of sp³-hybridized carbons (Fsp3) is 0.167. The fourth-order valence-corrected chi connectivity index (χ4v) is 2.47. The normalized spacial score (nSPS) is 16.2. The van der Waals surface area contributed by atoms with Crippen LogP contribution in [-0.4, -0.2) is 23.7 Å². The van der Waals surface area contributed by atoms with Crippen molar-refractivity contribution in [3.63, 3.8) is 0 Å². The van der Waals surface area contributed by atoms with Crippen molar-refractivity contribution in [1.82, 2.24) is 10.6 Å². The standard InChI is InChI=1S/C12H10Br2N2O4/c1-2-20-8-4-6(13)9(14)5(10(8)17)3-7-11(18)16-12(19)15-7/h3-4,17H,2H2,1H3,(H2,15,16,18,19)/b7-3-. The van der Waals surface area contributed by atoms with Crippen molar-refractivity contribution in [2.45, 2.75) is 6.92 Å². The molecule has 0 radical (unpaired) electrons. The minimum Gasteiger partial charge on any atom is -0.504 e. The van der Waals surface area contributed by atoms with Crippen LogP contribution in [0.4, 0.5) is 4.79 Å². The van der Waals surface area contributed by atoms with Gasteiger partial charge in [0.25, 0.3) is 5.91 Å². The third-order valence-corrected chi connectivity index (χ3v) is 4.51. The minimum absolute atomic E-state index is 0.0477. The third kappa shape index (κ3) is 2.80. The number of carbonyl (C=O) groups is 2. The molecule has 1 fully saturated rings. The molecule has 1 aromatic rings. The fourth-order valence-electron chi connectivity index (χ4n) is 1.64. The number of hydrogen-bond acceptors (Lipinski definition) is 4. The van der Waals surface area contributed by atoms with E-state index >= 15 is 0 Å². The van der Waals surface area contributed by atoms with Crippen LogP contribution in [0.2, 0.25) is 0 Å². The molecule has 106 valence electrons. The van der Waals surface area contributed by atoms with Crippen molar-refractivity contribution in [3.8, 4) is 11.5 Å². The van der Waals surface area contributed by atoms with E-state index in [1.165, 1.54) is 6.08 Å². The Morgan fingerprint density at radius 2 is 2.05 bits per heavy atom. The van der Waals surface area contributed by atoms with Crippen molar-refractivity contribution in [1.29, 1.82) is 0 Å². The number of urea groups is 1. The summed E-state index contributed by atoms with van der Waals surface area (Å²) in [6.07, 6.45) is 1.37. The summed E-state index contributed by atoms with van der Waals surface area (Å²) >= 11 is 6.63. The van der Waals surface area contributed by atoms with Gasteiger partial charge >= 0.3 is 6.03 Å². The van der Waals surface area contributed by atoms with Crippen molar-refractivity contribution in [2.24, 2.45) is 0 Å². The molecule has 1 aromatic carbocycles. The van der Waals surface area contributed by atoms with Gasteiger partial charge in [-0.3, -0.25) is 10.1 Å². The number of amides is 3. The lowest BCUT2D eigenvalue weighted by Gasteiger charge is -2.12. The predicted octanol–water partition coefficient (Wildman–Crippen LogP) is 2.50. The number of rotatable bonds is 3. The first kappa shape index (κ1) is 14.9. The number of hydrogen-bond donors (Lipinski definition) is 3. The number of aromatic hydroxyl groups is 1. The Bertz CT molecular complexity index is 628. The van der Waals surface area contributed by atoms with Crippen molar-refractivity contribution in [3.05, 3.63) is 26.3 Å². The lowest BCUT2D eigenvalue weighted by molar-refractivity contribution is -0.115. The molecule has 3 N–H and O–H groups in total. The Morgan fingerprint density at radius 1 is 1.35 bits per heavy atom. The van der Waals surface area contributed by atoms with Gasteiger partial charge in [-0.2, -0.15) is 0 Å². The molecule has 0 aliphatic carbocycles. The topological polar surface area (TPSA) is 87.7 Å². The van der Waals surface area contributed by atoms with Gasteiger partial charge in [-0.1, -0.05) is 0 Å². The highest BCUT2D eigenvalue weighted by Gasteiger charge is 2.24. The SMILES string of the molecule is CCOc1cc(Br)c(Br)c(/C=C2\NC(=O)NC2=O)c1O. The quantitative estimate of drug-likeness (QED) is 0.532. The van der Waals surface area contributed by atoms with Crippen molar-refractivity contribution in [2.75, 3.05) is 6.61 Å². The van der Waals surface area contributed by atoms with E-state index < -0.39 is 11.9 Å². The summed E-state index contributed by atoms with van der Waals surface area (Å²) in [5.74, 6) is -0.401. The molecule has 0 unspecified atom stereocenters. The van der Waals surface area contributed by atoms with Gasteiger partial charge in [0.05, 0.1) is 6.61 Å². The highest BCUT2D eigenvalue weighted by molar-refractivity contribution is 9.13. The summed E-state index contributed by atoms with van der Waals surface area (Å²) in [6.45, 7) is 2.17. The number of nitrogens with one attached hydrogen (secondary N) is 2. The summed E-state index contributed by atoms with van der Waals surface area (Å²) in [5.41, 5.74) is 0.377. The van der Waals surface area contributed by atoms with Crippen molar-refractivity contribution >= 4 is 49.9 Å². The number of carbonyl (C=O) groups excluding carboxylic acids is 2. The van der Waals surface area contributed by atoms with E-state index in [2.05, 4.69) is 42.5 Å². The Hall–Kier alpha value is -1.54. The zero-order chi connectivity index (χ0) is 14.9. The Morgan fingerprint density at radius 3 is 2.60 bits per heavy atom. The van der Waals surface area contributed by atoms with Crippen molar-refractivity contribution < 1.29 is 19.4 Å². The van der Waals surface area contributed by atoms with Crippen LogP contribution in [-0.2, 0) is 4.79 Å². The smallest absolute Gasteiger partial charge is 0.326 e. The molecule has 1 aliphatic heterocycles. The van der Waals surface area contributed by atoms with E-state index in [4.69, 9.17) is 4.74 Å². The molecule has 8 heteroatoms. The monoisotopic (exact) mass is 404 g/mol. The molecule has 0 atom stereocenters. The average molecular weight is 406 g/mol. The van der Waals surface area contributed by atoms with E-state index in [0.29, 0.717) is 21.1 Å². The van der Waals surface area contributed by atoms with Crippen LogP contribution in [0.1, 0.15) is 12.5 Å². The molecule has 0 saturated carbocycles. The maximum Gasteiger partial charge on any atom is 0.326 e. The molecule has 6 nitrogen and oxygen atoms in total. The van der Waals surface area contributed by atoms with Gasteiger partial charge in [-0.25, -0.2) is 4.79 Å². The molecule has 1 aliphatic rings. The Labute approximate surface area is 131 Å². The molecule has 0 bridgehead atoms. The van der Waals surface area contributed by atoms with Crippen LogP contribution in [0.15, 0.2) is 20.7 Å². The van der Waals surface area contributed by atoms with Gasteiger partial charge in [0.1, 0.15) is 5.70 Å². The maximum atomic E-state index is 11.5. The number of phenolic OH excluding ortho intramolecular Hbond substituents is 1. The van der Waals surface area contributed by atoms with E-state index in [0.717, 1.165) is 0 Å². The van der Waals surface area contributed by atoms with E-state index in [9.17, 15) is 14.7 Å². The zero-order valence-corrected chi connectivity index (χ0v) is 13.5. The summed E-state index contributed by atoms with van der Waals surface area (Å²) in [4.78, 5) is 22.6. The molecular weight excluding hydrogens is 396 g/mol. The highest BCUT2D eigenvalue weighted by atomic mass is 79.9. The van der Waals surface area contributed by atoms with Crippen LogP contribution >= 0.6 is 31.9 Å².